The molecule has 92 valence electrons. The van der Waals surface area contributed by atoms with Gasteiger partial charge in [0.2, 0.25) is 5.91 Å². The molecule has 2 N–H and O–H groups in total. The smallest absolute Gasteiger partial charge is 0.249 e. The van der Waals surface area contributed by atoms with Gasteiger partial charge in [0.15, 0.2) is 0 Å². The molecule has 0 aliphatic heterocycles. The van der Waals surface area contributed by atoms with Crippen LogP contribution in [0.25, 0.3) is 22.0 Å². The van der Waals surface area contributed by atoms with Gasteiger partial charge in [0, 0.05) is 17.3 Å². The van der Waals surface area contributed by atoms with E-state index in [1.165, 1.54) is 0 Å². The summed E-state index contributed by atoms with van der Waals surface area (Å²) in [6.07, 6.45) is 1.71. The van der Waals surface area contributed by atoms with Crippen molar-refractivity contribution in [3.8, 4) is 11.3 Å². The Kier molecular flexibility index (Phi) is 2.72. The lowest BCUT2D eigenvalue weighted by atomic mass is 9.96. The molecular weight excluding hydrogens is 236 g/mol. The lowest BCUT2D eigenvalue weighted by Crippen LogP contribution is -2.12. The van der Waals surface area contributed by atoms with Gasteiger partial charge < -0.3 is 5.73 Å². The van der Waals surface area contributed by atoms with Crippen molar-refractivity contribution in [2.75, 3.05) is 0 Å². The van der Waals surface area contributed by atoms with Crippen LogP contribution in [0, 0.1) is 0 Å². The molecule has 1 heterocycles. The summed E-state index contributed by atoms with van der Waals surface area (Å²) in [5, 5.41) is 2.05. The number of amides is 1. The van der Waals surface area contributed by atoms with E-state index in [1.807, 2.05) is 48.5 Å². The first kappa shape index (κ1) is 11.4. The first-order valence-electron chi connectivity index (χ1n) is 6.00. The van der Waals surface area contributed by atoms with Crippen molar-refractivity contribution in [3.05, 3.63) is 66.4 Å². The van der Waals surface area contributed by atoms with Crippen LogP contribution in [0.4, 0.5) is 0 Å². The summed E-state index contributed by atoms with van der Waals surface area (Å²) in [5.41, 5.74) is 7.53. The van der Waals surface area contributed by atoms with E-state index in [1.54, 1.807) is 12.3 Å². The van der Waals surface area contributed by atoms with E-state index in [2.05, 4.69) is 4.98 Å². The second-order valence-corrected chi connectivity index (χ2v) is 4.29. The number of hydrogen-bond donors (Lipinski definition) is 1. The number of pyridine rings is 1. The Morgan fingerprint density at radius 3 is 2.47 bits per heavy atom. The van der Waals surface area contributed by atoms with E-state index in [-0.39, 0.29) is 0 Å². The van der Waals surface area contributed by atoms with Crippen LogP contribution < -0.4 is 5.73 Å². The van der Waals surface area contributed by atoms with Gasteiger partial charge >= 0.3 is 0 Å². The van der Waals surface area contributed by atoms with Crippen molar-refractivity contribution in [1.82, 2.24) is 4.98 Å². The number of hydrogen-bond acceptors (Lipinski definition) is 2. The average molecular weight is 248 g/mol. The van der Waals surface area contributed by atoms with Gasteiger partial charge in [-0.25, -0.2) is 0 Å². The first-order chi connectivity index (χ1) is 9.27. The third kappa shape index (κ3) is 1.95. The molecule has 0 spiro atoms. The highest BCUT2D eigenvalue weighted by Crippen LogP contribution is 2.30. The van der Waals surface area contributed by atoms with E-state index in [0.29, 0.717) is 5.56 Å². The molecule has 1 aromatic heterocycles. The van der Waals surface area contributed by atoms with Gasteiger partial charge in [-0.2, -0.15) is 0 Å². The Hall–Kier alpha value is -2.68. The predicted molar refractivity (Wildman–Crippen MR) is 75.7 cm³/mol. The number of nitrogens with two attached hydrogens (primary N) is 1. The zero-order valence-electron chi connectivity index (χ0n) is 10.2. The van der Waals surface area contributed by atoms with Crippen LogP contribution in [-0.4, -0.2) is 10.9 Å². The summed E-state index contributed by atoms with van der Waals surface area (Å²) in [6.45, 7) is 0. The zero-order valence-corrected chi connectivity index (χ0v) is 10.2. The topological polar surface area (TPSA) is 56.0 Å². The van der Waals surface area contributed by atoms with Crippen molar-refractivity contribution in [2.24, 2.45) is 5.73 Å². The molecular formula is C16H12N2O. The fraction of sp³-hybridized carbons (Fsp3) is 0. The molecule has 19 heavy (non-hydrogen) atoms. The van der Waals surface area contributed by atoms with E-state index in [9.17, 15) is 4.79 Å². The lowest BCUT2D eigenvalue weighted by Gasteiger charge is -2.10. The van der Waals surface area contributed by atoms with Crippen LogP contribution in [0.15, 0.2) is 60.8 Å². The molecule has 0 saturated heterocycles. The summed E-state index contributed by atoms with van der Waals surface area (Å²) >= 11 is 0. The molecule has 0 fully saturated rings. The molecule has 0 radical (unpaired) electrons. The van der Waals surface area contributed by atoms with E-state index in [4.69, 9.17) is 5.73 Å². The predicted octanol–water partition coefficient (Wildman–Crippen LogP) is 3.00. The fourth-order valence-electron chi connectivity index (χ4n) is 2.26. The molecule has 0 aliphatic carbocycles. The minimum atomic E-state index is -0.439. The summed E-state index contributed by atoms with van der Waals surface area (Å²) < 4.78 is 0. The largest absolute Gasteiger partial charge is 0.366 e. The maximum atomic E-state index is 11.6. The van der Waals surface area contributed by atoms with Gasteiger partial charge in [0.1, 0.15) is 0 Å². The van der Waals surface area contributed by atoms with Gasteiger partial charge in [-0.15, -0.1) is 0 Å². The summed E-state index contributed by atoms with van der Waals surface area (Å²) in [6, 6.07) is 17.2. The number of rotatable bonds is 2. The van der Waals surface area contributed by atoms with Gasteiger partial charge in [0.05, 0.1) is 5.69 Å². The molecule has 3 rings (SSSR count). The lowest BCUT2D eigenvalue weighted by molar-refractivity contribution is 0.100. The van der Waals surface area contributed by atoms with Gasteiger partial charge in [-0.1, -0.05) is 36.4 Å². The van der Waals surface area contributed by atoms with E-state index in [0.717, 1.165) is 22.0 Å². The Balaban J connectivity index is 2.42. The monoisotopic (exact) mass is 248 g/mol. The maximum absolute atomic E-state index is 11.6. The number of nitrogens with zero attached hydrogens (tertiary/aromatic N) is 1. The minimum Gasteiger partial charge on any atom is -0.366 e. The van der Waals surface area contributed by atoms with Crippen LogP contribution in [0.3, 0.4) is 0 Å². The van der Waals surface area contributed by atoms with Crippen molar-refractivity contribution in [3.63, 3.8) is 0 Å². The third-order valence-corrected chi connectivity index (χ3v) is 3.12. The van der Waals surface area contributed by atoms with Gasteiger partial charge in [-0.05, 0) is 29.0 Å². The number of aromatic nitrogens is 1. The maximum Gasteiger partial charge on any atom is 0.249 e. The Morgan fingerprint density at radius 2 is 1.74 bits per heavy atom. The standard InChI is InChI=1S/C16H12N2O/c17-16(19)13-9-8-11-5-1-2-6-12(11)15(13)14-7-3-4-10-18-14/h1-10H,(H2,17,19). The number of carbonyl (C=O) groups excluding carboxylic acids is 1. The first-order valence-corrected chi connectivity index (χ1v) is 6.00. The number of primary amides is 1. The molecule has 3 aromatic rings. The number of benzene rings is 2. The van der Waals surface area contributed by atoms with Gasteiger partial charge in [0.25, 0.3) is 0 Å². The Morgan fingerprint density at radius 1 is 0.947 bits per heavy atom. The quantitative estimate of drug-likeness (QED) is 0.758. The summed E-state index contributed by atoms with van der Waals surface area (Å²) in [4.78, 5) is 16.0. The van der Waals surface area contributed by atoms with Crippen molar-refractivity contribution in [2.45, 2.75) is 0 Å². The molecule has 0 saturated carbocycles. The van der Waals surface area contributed by atoms with E-state index < -0.39 is 5.91 Å². The Labute approximate surface area is 110 Å². The van der Waals surface area contributed by atoms with Gasteiger partial charge in [-0.3, -0.25) is 9.78 Å². The number of carbonyl (C=O) groups is 1. The Bertz CT molecular complexity index is 751. The molecule has 0 bridgehead atoms. The molecule has 2 aromatic carbocycles. The third-order valence-electron chi connectivity index (χ3n) is 3.12. The highest BCUT2D eigenvalue weighted by Gasteiger charge is 2.14. The normalized spacial score (nSPS) is 10.5. The van der Waals surface area contributed by atoms with Crippen molar-refractivity contribution < 1.29 is 4.79 Å². The fourth-order valence-corrected chi connectivity index (χ4v) is 2.26. The van der Waals surface area contributed by atoms with E-state index >= 15 is 0 Å². The SMILES string of the molecule is NC(=O)c1ccc2ccccc2c1-c1ccccn1. The zero-order chi connectivity index (χ0) is 13.2. The van der Waals surface area contributed by atoms with Crippen LogP contribution in [0.2, 0.25) is 0 Å². The summed E-state index contributed by atoms with van der Waals surface area (Å²) in [5.74, 6) is -0.439. The van der Waals surface area contributed by atoms with Crippen molar-refractivity contribution >= 4 is 16.7 Å². The molecule has 3 heteroatoms. The van der Waals surface area contributed by atoms with Crippen LogP contribution in [0.5, 0.6) is 0 Å². The van der Waals surface area contributed by atoms with Crippen LogP contribution in [0.1, 0.15) is 10.4 Å². The molecule has 0 atom stereocenters. The molecule has 1 amide bonds. The second-order valence-electron chi connectivity index (χ2n) is 4.29. The highest BCUT2D eigenvalue weighted by molar-refractivity contribution is 6.08. The second kappa shape index (κ2) is 4.53. The average Bonchev–Trinajstić information content (AvgIpc) is 2.46. The van der Waals surface area contributed by atoms with Crippen LogP contribution in [-0.2, 0) is 0 Å². The van der Waals surface area contributed by atoms with Crippen molar-refractivity contribution in [1.29, 1.82) is 0 Å². The highest BCUT2D eigenvalue weighted by atomic mass is 16.1. The molecule has 3 nitrogen and oxygen atoms in total. The van der Waals surface area contributed by atoms with Crippen LogP contribution >= 0.6 is 0 Å². The molecule has 0 aliphatic rings. The number of fused-ring (bicyclic) bond motifs is 1. The molecule has 0 unspecified atom stereocenters. The minimum absolute atomic E-state index is 0.439. The summed E-state index contributed by atoms with van der Waals surface area (Å²) in [7, 11) is 0.